The van der Waals surface area contributed by atoms with Gasteiger partial charge in [0, 0.05) is 18.7 Å². The summed E-state index contributed by atoms with van der Waals surface area (Å²) >= 11 is 0. The molecule has 0 heterocycles. The molecule has 0 aliphatic carbocycles. The Bertz CT molecular complexity index is 433. The molecule has 0 radical (unpaired) electrons. The van der Waals surface area contributed by atoms with Crippen LogP contribution in [0.15, 0.2) is 24.3 Å². The van der Waals surface area contributed by atoms with Gasteiger partial charge in [0.1, 0.15) is 6.61 Å². The summed E-state index contributed by atoms with van der Waals surface area (Å²) in [5.41, 5.74) is 1.80. The van der Waals surface area contributed by atoms with Crippen molar-refractivity contribution in [2.75, 3.05) is 13.2 Å². The number of hydrogen-bond acceptors (Lipinski definition) is 2. The molecule has 0 bridgehead atoms. The van der Waals surface area contributed by atoms with E-state index in [1.165, 1.54) is 0 Å². The van der Waals surface area contributed by atoms with Crippen LogP contribution < -0.4 is 10.6 Å². The van der Waals surface area contributed by atoms with Crippen LogP contribution in [0.25, 0.3) is 0 Å². The van der Waals surface area contributed by atoms with Crippen molar-refractivity contribution in [2.24, 2.45) is 0 Å². The van der Waals surface area contributed by atoms with E-state index in [0.717, 1.165) is 11.1 Å². The average Bonchev–Trinajstić information content (AvgIpc) is 2.35. The Balaban J connectivity index is 2.57. The molecule has 1 aromatic rings. The SMILES string of the molecule is CCNC(=O)NCc1cccc(C#CCO)c1. The second-order valence-electron chi connectivity index (χ2n) is 3.37. The van der Waals surface area contributed by atoms with Gasteiger partial charge in [0.05, 0.1) is 0 Å². The van der Waals surface area contributed by atoms with Gasteiger partial charge in [-0.3, -0.25) is 0 Å². The van der Waals surface area contributed by atoms with Crippen molar-refractivity contribution in [3.8, 4) is 11.8 Å². The van der Waals surface area contributed by atoms with Crippen molar-refractivity contribution in [1.82, 2.24) is 10.6 Å². The maximum Gasteiger partial charge on any atom is 0.315 e. The van der Waals surface area contributed by atoms with E-state index >= 15 is 0 Å². The summed E-state index contributed by atoms with van der Waals surface area (Å²) in [6, 6.07) is 7.35. The average molecular weight is 232 g/mol. The van der Waals surface area contributed by atoms with Crippen LogP contribution >= 0.6 is 0 Å². The first kappa shape index (κ1) is 13.1. The molecule has 0 saturated heterocycles. The fourth-order valence-electron chi connectivity index (χ4n) is 1.31. The minimum absolute atomic E-state index is 0.151. The van der Waals surface area contributed by atoms with Gasteiger partial charge in [0.15, 0.2) is 0 Å². The zero-order valence-corrected chi connectivity index (χ0v) is 9.79. The summed E-state index contributed by atoms with van der Waals surface area (Å²) in [6.45, 7) is 2.78. The number of carbonyl (C=O) groups excluding carboxylic acids is 1. The number of aliphatic hydroxyl groups is 1. The third kappa shape index (κ3) is 5.05. The highest BCUT2D eigenvalue weighted by atomic mass is 16.2. The Labute approximate surface area is 101 Å². The van der Waals surface area contributed by atoms with Gasteiger partial charge in [0.25, 0.3) is 0 Å². The molecule has 3 N–H and O–H groups in total. The fourth-order valence-corrected chi connectivity index (χ4v) is 1.31. The molecule has 0 aliphatic rings. The van der Waals surface area contributed by atoms with E-state index in [1.807, 2.05) is 31.2 Å². The molecule has 0 aliphatic heterocycles. The molecule has 90 valence electrons. The predicted octanol–water partition coefficient (Wildman–Crippen LogP) is 0.849. The minimum atomic E-state index is -0.181. The van der Waals surface area contributed by atoms with E-state index in [-0.39, 0.29) is 12.6 Å². The van der Waals surface area contributed by atoms with Crippen LogP contribution in [0.2, 0.25) is 0 Å². The molecular weight excluding hydrogens is 216 g/mol. The molecule has 0 atom stereocenters. The first-order valence-corrected chi connectivity index (χ1v) is 5.46. The summed E-state index contributed by atoms with van der Waals surface area (Å²) in [5, 5.41) is 14.0. The zero-order chi connectivity index (χ0) is 12.5. The molecule has 0 spiro atoms. The topological polar surface area (TPSA) is 61.4 Å². The van der Waals surface area contributed by atoms with E-state index in [4.69, 9.17) is 5.11 Å². The number of nitrogens with one attached hydrogen (secondary N) is 2. The van der Waals surface area contributed by atoms with E-state index in [1.54, 1.807) is 0 Å². The van der Waals surface area contributed by atoms with Crippen LogP contribution in [0.4, 0.5) is 4.79 Å². The molecule has 2 amide bonds. The largest absolute Gasteiger partial charge is 0.384 e. The fraction of sp³-hybridized carbons (Fsp3) is 0.308. The van der Waals surface area contributed by atoms with Crippen LogP contribution in [-0.2, 0) is 6.54 Å². The van der Waals surface area contributed by atoms with E-state index in [0.29, 0.717) is 13.1 Å². The van der Waals surface area contributed by atoms with Crippen LogP contribution in [-0.4, -0.2) is 24.3 Å². The third-order valence-electron chi connectivity index (χ3n) is 2.03. The summed E-state index contributed by atoms with van der Waals surface area (Å²) in [7, 11) is 0. The highest BCUT2D eigenvalue weighted by Crippen LogP contribution is 2.03. The number of hydrogen-bond donors (Lipinski definition) is 3. The molecule has 0 unspecified atom stereocenters. The Kier molecular flexibility index (Phi) is 5.62. The number of rotatable bonds is 3. The maximum absolute atomic E-state index is 11.2. The first-order chi connectivity index (χ1) is 8.26. The van der Waals surface area contributed by atoms with Crippen molar-refractivity contribution in [3.05, 3.63) is 35.4 Å². The van der Waals surface area contributed by atoms with Crippen molar-refractivity contribution in [2.45, 2.75) is 13.5 Å². The maximum atomic E-state index is 11.2. The van der Waals surface area contributed by atoms with Crippen molar-refractivity contribution < 1.29 is 9.90 Å². The van der Waals surface area contributed by atoms with Gasteiger partial charge < -0.3 is 15.7 Å². The van der Waals surface area contributed by atoms with Crippen molar-refractivity contribution >= 4 is 6.03 Å². The highest BCUT2D eigenvalue weighted by Gasteiger charge is 1.98. The molecule has 0 fully saturated rings. The van der Waals surface area contributed by atoms with Gasteiger partial charge in [-0.25, -0.2) is 4.79 Å². The monoisotopic (exact) mass is 232 g/mol. The minimum Gasteiger partial charge on any atom is -0.384 e. The van der Waals surface area contributed by atoms with Gasteiger partial charge in [-0.05, 0) is 24.6 Å². The molecule has 4 nitrogen and oxygen atoms in total. The van der Waals surface area contributed by atoms with E-state index in [9.17, 15) is 4.79 Å². The van der Waals surface area contributed by atoms with Crippen LogP contribution in [0.1, 0.15) is 18.1 Å². The van der Waals surface area contributed by atoms with Gasteiger partial charge >= 0.3 is 6.03 Å². The normalized spacial score (nSPS) is 9.06. The highest BCUT2D eigenvalue weighted by molar-refractivity contribution is 5.73. The van der Waals surface area contributed by atoms with Crippen LogP contribution in [0.5, 0.6) is 0 Å². The second-order valence-corrected chi connectivity index (χ2v) is 3.37. The smallest absolute Gasteiger partial charge is 0.315 e. The lowest BCUT2D eigenvalue weighted by Crippen LogP contribution is -2.34. The number of aliphatic hydroxyl groups excluding tert-OH is 1. The summed E-state index contributed by atoms with van der Waals surface area (Å²) < 4.78 is 0. The molecule has 0 aromatic heterocycles. The molecule has 1 aromatic carbocycles. The van der Waals surface area contributed by atoms with Crippen molar-refractivity contribution in [3.63, 3.8) is 0 Å². The molecular formula is C13H16N2O2. The number of carbonyl (C=O) groups is 1. The number of amides is 2. The Morgan fingerprint density at radius 3 is 2.94 bits per heavy atom. The third-order valence-corrected chi connectivity index (χ3v) is 2.03. The lowest BCUT2D eigenvalue weighted by Gasteiger charge is -2.05. The lowest BCUT2D eigenvalue weighted by atomic mass is 10.1. The number of urea groups is 1. The van der Waals surface area contributed by atoms with Crippen molar-refractivity contribution in [1.29, 1.82) is 0 Å². The predicted molar refractivity (Wildman–Crippen MR) is 66.3 cm³/mol. The molecule has 17 heavy (non-hydrogen) atoms. The summed E-state index contributed by atoms with van der Waals surface area (Å²) in [5.74, 6) is 5.40. The van der Waals surface area contributed by atoms with Gasteiger partial charge in [-0.2, -0.15) is 0 Å². The molecule has 1 rings (SSSR count). The quantitative estimate of drug-likeness (QED) is 0.677. The first-order valence-electron chi connectivity index (χ1n) is 5.46. The lowest BCUT2D eigenvalue weighted by molar-refractivity contribution is 0.241. The molecule has 0 saturated carbocycles. The number of benzene rings is 1. The van der Waals surface area contributed by atoms with Gasteiger partial charge in [0.2, 0.25) is 0 Å². The Morgan fingerprint density at radius 1 is 1.41 bits per heavy atom. The van der Waals surface area contributed by atoms with E-state index < -0.39 is 0 Å². The second kappa shape index (κ2) is 7.31. The van der Waals surface area contributed by atoms with Crippen LogP contribution in [0, 0.1) is 11.8 Å². The Morgan fingerprint density at radius 2 is 2.24 bits per heavy atom. The van der Waals surface area contributed by atoms with Gasteiger partial charge in [-0.15, -0.1) is 0 Å². The van der Waals surface area contributed by atoms with Gasteiger partial charge in [-0.1, -0.05) is 24.0 Å². The standard InChI is InChI=1S/C13H16N2O2/c1-2-14-13(17)15-10-12-6-3-5-11(9-12)7-4-8-16/h3,5-6,9,16H,2,8,10H2,1H3,(H2,14,15,17). The molecule has 4 heteroatoms. The Hall–Kier alpha value is -1.99. The summed E-state index contributed by atoms with van der Waals surface area (Å²) in [6.07, 6.45) is 0. The van der Waals surface area contributed by atoms with Crippen LogP contribution in [0.3, 0.4) is 0 Å². The zero-order valence-electron chi connectivity index (χ0n) is 9.79. The summed E-state index contributed by atoms with van der Waals surface area (Å²) in [4.78, 5) is 11.2. The van der Waals surface area contributed by atoms with E-state index in [2.05, 4.69) is 22.5 Å².